The number of rotatable bonds is 4. The van der Waals surface area contributed by atoms with E-state index in [1.807, 2.05) is 4.90 Å². The van der Waals surface area contributed by atoms with E-state index < -0.39 is 20.8 Å². The van der Waals surface area contributed by atoms with E-state index in [1.165, 1.54) is 0 Å². The van der Waals surface area contributed by atoms with Gasteiger partial charge in [0.1, 0.15) is 5.37 Å². The number of β-amino-alcohol motifs (C(OH)–C–C–N with tert-alkyl or cyclic N) is 1. The molecule has 0 aliphatic carbocycles. The molecule has 1 unspecified atom stereocenters. The molecule has 0 spiro atoms. The summed E-state index contributed by atoms with van der Waals surface area (Å²) in [6.07, 6.45) is 1.41. The van der Waals surface area contributed by atoms with Crippen molar-refractivity contribution in [2.75, 3.05) is 43.4 Å². The van der Waals surface area contributed by atoms with Crippen molar-refractivity contribution in [3.05, 3.63) is 0 Å². The summed E-state index contributed by atoms with van der Waals surface area (Å²) in [7, 11) is -3.07. The molecule has 2 N–H and O–H groups in total. The lowest BCUT2D eigenvalue weighted by Gasteiger charge is -2.41. The Bertz CT molecular complexity index is 394. The predicted molar refractivity (Wildman–Crippen MR) is 79.2 cm³/mol. The highest BCUT2D eigenvalue weighted by atomic mass is 32.2. The van der Waals surface area contributed by atoms with Crippen LogP contribution in [0.25, 0.3) is 0 Å². The first kappa shape index (κ1) is 15.6. The molecule has 5 nitrogen and oxygen atoms in total. The SMILES string of the molecule is CCS(=O)(=O)C1CSCCN1CC1(O)CCNCC1. The van der Waals surface area contributed by atoms with Crippen molar-refractivity contribution < 1.29 is 13.5 Å². The summed E-state index contributed by atoms with van der Waals surface area (Å²) >= 11 is 1.70. The van der Waals surface area contributed by atoms with Gasteiger partial charge in [0.25, 0.3) is 0 Å². The van der Waals surface area contributed by atoms with Gasteiger partial charge in [-0.05, 0) is 25.9 Å². The monoisotopic (exact) mass is 308 g/mol. The third kappa shape index (κ3) is 3.85. The van der Waals surface area contributed by atoms with Crippen molar-refractivity contribution >= 4 is 21.6 Å². The van der Waals surface area contributed by atoms with Crippen molar-refractivity contribution in [1.29, 1.82) is 0 Å². The zero-order valence-electron chi connectivity index (χ0n) is 11.5. The Kier molecular flexibility index (Phi) is 5.16. The molecule has 19 heavy (non-hydrogen) atoms. The molecule has 0 aromatic rings. The van der Waals surface area contributed by atoms with E-state index in [4.69, 9.17) is 0 Å². The van der Waals surface area contributed by atoms with Crippen LogP contribution in [0.4, 0.5) is 0 Å². The third-order valence-electron chi connectivity index (χ3n) is 4.04. The van der Waals surface area contributed by atoms with E-state index in [1.54, 1.807) is 18.7 Å². The van der Waals surface area contributed by atoms with Crippen LogP contribution in [0.15, 0.2) is 0 Å². The summed E-state index contributed by atoms with van der Waals surface area (Å²) in [6, 6.07) is 0. The van der Waals surface area contributed by atoms with Crippen molar-refractivity contribution in [2.45, 2.75) is 30.7 Å². The van der Waals surface area contributed by atoms with Gasteiger partial charge in [-0.2, -0.15) is 11.8 Å². The molecule has 2 saturated heterocycles. The van der Waals surface area contributed by atoms with Gasteiger partial charge in [0.2, 0.25) is 0 Å². The van der Waals surface area contributed by atoms with Gasteiger partial charge in [0.15, 0.2) is 9.84 Å². The molecule has 0 saturated carbocycles. The second-order valence-corrected chi connectivity index (χ2v) is 9.02. The minimum absolute atomic E-state index is 0.175. The van der Waals surface area contributed by atoms with E-state index in [9.17, 15) is 13.5 Å². The minimum Gasteiger partial charge on any atom is -0.388 e. The van der Waals surface area contributed by atoms with E-state index >= 15 is 0 Å². The number of thioether (sulfide) groups is 1. The topological polar surface area (TPSA) is 69.6 Å². The molecule has 2 aliphatic heterocycles. The van der Waals surface area contributed by atoms with Crippen molar-refractivity contribution in [2.24, 2.45) is 0 Å². The number of hydrogen-bond acceptors (Lipinski definition) is 6. The Hall–Kier alpha value is 0.180. The van der Waals surface area contributed by atoms with Crippen molar-refractivity contribution in [3.8, 4) is 0 Å². The molecule has 2 rings (SSSR count). The molecule has 7 heteroatoms. The van der Waals surface area contributed by atoms with Crippen LogP contribution in [0.2, 0.25) is 0 Å². The molecular weight excluding hydrogens is 284 g/mol. The standard InChI is InChI=1S/C12H24N2O3S2/c1-2-19(16,17)11-9-18-8-7-14(11)10-12(15)3-5-13-6-4-12/h11,13,15H,2-10H2,1H3. The van der Waals surface area contributed by atoms with Gasteiger partial charge in [0.05, 0.1) is 5.60 Å². The zero-order valence-corrected chi connectivity index (χ0v) is 13.1. The molecule has 2 fully saturated rings. The third-order valence-corrected chi connectivity index (χ3v) is 7.37. The minimum atomic E-state index is -3.07. The lowest BCUT2D eigenvalue weighted by atomic mass is 9.92. The zero-order chi connectivity index (χ0) is 13.9. The highest BCUT2D eigenvalue weighted by Crippen LogP contribution is 2.26. The van der Waals surface area contributed by atoms with Crippen LogP contribution in [0.3, 0.4) is 0 Å². The number of nitrogens with zero attached hydrogens (tertiary/aromatic N) is 1. The first-order valence-electron chi connectivity index (χ1n) is 6.93. The molecule has 0 radical (unpaired) electrons. The smallest absolute Gasteiger partial charge is 0.166 e. The molecule has 0 bridgehead atoms. The van der Waals surface area contributed by atoms with Gasteiger partial charge in [-0.15, -0.1) is 0 Å². The van der Waals surface area contributed by atoms with Gasteiger partial charge in [-0.25, -0.2) is 8.42 Å². The van der Waals surface area contributed by atoms with Crippen LogP contribution in [-0.4, -0.2) is 72.8 Å². The predicted octanol–water partition coefficient (Wildman–Crippen LogP) is -0.0895. The Morgan fingerprint density at radius 1 is 1.42 bits per heavy atom. The van der Waals surface area contributed by atoms with Crippen LogP contribution in [0.1, 0.15) is 19.8 Å². The molecule has 112 valence electrons. The maximum Gasteiger partial charge on any atom is 0.166 e. The molecule has 0 amide bonds. The van der Waals surface area contributed by atoms with Gasteiger partial charge < -0.3 is 10.4 Å². The largest absolute Gasteiger partial charge is 0.388 e. The fourth-order valence-corrected chi connectivity index (χ4v) is 5.83. The van der Waals surface area contributed by atoms with Crippen molar-refractivity contribution in [1.82, 2.24) is 10.2 Å². The number of piperidine rings is 1. The first-order valence-corrected chi connectivity index (χ1v) is 9.80. The Labute approximate surface area is 120 Å². The molecule has 0 aromatic heterocycles. The van der Waals surface area contributed by atoms with E-state index in [-0.39, 0.29) is 5.75 Å². The van der Waals surface area contributed by atoms with E-state index in [0.29, 0.717) is 25.1 Å². The Morgan fingerprint density at radius 2 is 2.11 bits per heavy atom. The molecular formula is C12H24N2O3S2. The van der Waals surface area contributed by atoms with Gasteiger partial charge in [0, 0.05) is 30.3 Å². The number of aliphatic hydroxyl groups is 1. The lowest BCUT2D eigenvalue weighted by Crippen LogP contribution is -2.56. The Morgan fingerprint density at radius 3 is 2.74 bits per heavy atom. The second kappa shape index (κ2) is 6.30. The summed E-state index contributed by atoms with van der Waals surface area (Å²) in [4.78, 5) is 1.99. The number of hydrogen-bond donors (Lipinski definition) is 2. The number of sulfone groups is 1. The summed E-state index contributed by atoms with van der Waals surface area (Å²) in [5, 5.41) is 13.4. The van der Waals surface area contributed by atoms with E-state index in [0.717, 1.165) is 25.4 Å². The fourth-order valence-electron chi connectivity index (χ4n) is 2.75. The van der Waals surface area contributed by atoms with Crippen LogP contribution in [0.5, 0.6) is 0 Å². The molecule has 0 aromatic carbocycles. The summed E-state index contributed by atoms with van der Waals surface area (Å²) in [6.45, 7) is 4.56. The lowest BCUT2D eigenvalue weighted by molar-refractivity contribution is -0.0218. The average molecular weight is 308 g/mol. The first-order chi connectivity index (χ1) is 8.97. The average Bonchev–Trinajstić information content (AvgIpc) is 2.39. The van der Waals surface area contributed by atoms with Crippen LogP contribution < -0.4 is 5.32 Å². The second-order valence-electron chi connectivity index (χ2n) is 5.43. The van der Waals surface area contributed by atoms with Crippen molar-refractivity contribution in [3.63, 3.8) is 0 Å². The fraction of sp³-hybridized carbons (Fsp3) is 1.00. The summed E-state index contributed by atoms with van der Waals surface area (Å²) in [5.74, 6) is 1.75. The molecule has 2 aliphatic rings. The highest BCUT2D eigenvalue weighted by molar-refractivity contribution is 8.01. The normalized spacial score (nSPS) is 29.3. The summed E-state index contributed by atoms with van der Waals surface area (Å²) < 4.78 is 24.3. The highest BCUT2D eigenvalue weighted by Gasteiger charge is 2.38. The quantitative estimate of drug-likeness (QED) is 0.756. The maximum absolute atomic E-state index is 12.2. The Balaban J connectivity index is 2.07. The summed E-state index contributed by atoms with van der Waals surface area (Å²) in [5.41, 5.74) is -0.727. The van der Waals surface area contributed by atoms with Crippen LogP contribution in [-0.2, 0) is 9.84 Å². The van der Waals surface area contributed by atoms with E-state index in [2.05, 4.69) is 5.32 Å². The number of nitrogens with one attached hydrogen (secondary N) is 1. The van der Waals surface area contributed by atoms with Crippen LogP contribution >= 0.6 is 11.8 Å². The van der Waals surface area contributed by atoms with Gasteiger partial charge >= 0.3 is 0 Å². The molecule has 2 heterocycles. The van der Waals surface area contributed by atoms with Gasteiger partial charge in [-0.3, -0.25) is 4.90 Å². The van der Waals surface area contributed by atoms with Gasteiger partial charge in [-0.1, -0.05) is 6.92 Å². The van der Waals surface area contributed by atoms with Crippen LogP contribution in [0, 0.1) is 0 Å². The maximum atomic E-state index is 12.2. The molecule has 1 atom stereocenters.